The Balaban J connectivity index is 2.08. The second kappa shape index (κ2) is 4.18. The maximum Gasteiger partial charge on any atom is 0.159 e. The molecule has 1 aliphatic rings. The van der Waals surface area contributed by atoms with Gasteiger partial charge in [-0.3, -0.25) is 5.09 Å². The molecule has 1 aliphatic carbocycles. The van der Waals surface area contributed by atoms with Crippen molar-refractivity contribution in [3.8, 4) is 0 Å². The first-order valence-electron chi connectivity index (χ1n) is 4.38. The molecular weight excluding hydrogens is 222 g/mol. The molecule has 5 heteroatoms. The highest BCUT2D eigenvalue weighted by atomic mass is 32.0. The van der Waals surface area contributed by atoms with Crippen LogP contribution in [0.25, 0.3) is 0 Å². The Hall–Kier alpha value is -0.100. The molecule has 0 saturated heterocycles. The Labute approximate surface area is 85.6 Å². The fraction of sp³-hybridized carbons (Fsp3) is 0.333. The van der Waals surface area contributed by atoms with Gasteiger partial charge in [-0.25, -0.2) is 8.78 Å². The van der Waals surface area contributed by atoms with Crippen LogP contribution in [0.1, 0.15) is 17.9 Å². The van der Waals surface area contributed by atoms with Crippen LogP contribution in [-0.4, -0.2) is 6.04 Å². The monoisotopic (exact) mass is 233 g/mol. The molecule has 1 N–H and O–H groups in total. The normalized spacial score (nSPS) is 25.9. The van der Waals surface area contributed by atoms with E-state index in [1.165, 1.54) is 12.1 Å². The number of rotatable bonds is 3. The minimum absolute atomic E-state index is 0.359. The highest BCUT2D eigenvalue weighted by molar-refractivity contribution is 8.01. The van der Waals surface area contributed by atoms with Gasteiger partial charge in [-0.2, -0.15) is 0 Å². The van der Waals surface area contributed by atoms with Gasteiger partial charge in [0.2, 0.25) is 0 Å². The Morgan fingerprint density at radius 3 is 2.79 bits per heavy atom. The van der Waals surface area contributed by atoms with Crippen LogP contribution in [0.3, 0.4) is 0 Å². The predicted octanol–water partition coefficient (Wildman–Crippen LogP) is 2.79. The van der Waals surface area contributed by atoms with Gasteiger partial charge in [-0.15, -0.1) is 0 Å². The summed E-state index contributed by atoms with van der Waals surface area (Å²) in [5.74, 6) is -1.16. The second-order valence-electron chi connectivity index (χ2n) is 3.41. The zero-order valence-electron chi connectivity index (χ0n) is 7.43. The van der Waals surface area contributed by atoms with Gasteiger partial charge in [0, 0.05) is 12.0 Å². The molecule has 0 aliphatic heterocycles. The third kappa shape index (κ3) is 2.11. The number of benzene rings is 1. The van der Waals surface area contributed by atoms with Crippen molar-refractivity contribution in [2.45, 2.75) is 18.4 Å². The van der Waals surface area contributed by atoms with Gasteiger partial charge < -0.3 is 0 Å². The summed E-state index contributed by atoms with van der Waals surface area (Å²) in [4.78, 5) is 0. The number of hydrogen-bond donors (Lipinski definition) is 1. The van der Waals surface area contributed by atoms with E-state index in [1.54, 1.807) is 6.07 Å². The van der Waals surface area contributed by atoms with E-state index in [0.717, 1.165) is 12.0 Å². The lowest BCUT2D eigenvalue weighted by Crippen LogP contribution is -2.04. The molecule has 14 heavy (non-hydrogen) atoms. The molecular formula is C9H11F2NP2. The first-order chi connectivity index (χ1) is 6.72. The molecule has 0 amide bonds. The minimum atomic E-state index is -0.771. The third-order valence-electron chi connectivity index (χ3n) is 2.43. The van der Waals surface area contributed by atoms with Gasteiger partial charge in [0.25, 0.3) is 0 Å². The van der Waals surface area contributed by atoms with Gasteiger partial charge >= 0.3 is 0 Å². The van der Waals surface area contributed by atoms with Crippen molar-refractivity contribution < 1.29 is 8.78 Å². The maximum atomic E-state index is 12.9. The molecule has 0 aromatic heterocycles. The quantitative estimate of drug-likeness (QED) is 0.791. The second-order valence-corrected chi connectivity index (χ2v) is 4.85. The van der Waals surface area contributed by atoms with Crippen LogP contribution in [0.5, 0.6) is 0 Å². The minimum Gasteiger partial charge on any atom is -0.291 e. The van der Waals surface area contributed by atoms with E-state index >= 15 is 0 Å². The van der Waals surface area contributed by atoms with E-state index in [-0.39, 0.29) is 0 Å². The lowest BCUT2D eigenvalue weighted by Gasteiger charge is -2.01. The van der Waals surface area contributed by atoms with Crippen LogP contribution in [0.4, 0.5) is 8.78 Å². The lowest BCUT2D eigenvalue weighted by molar-refractivity contribution is 0.507. The lowest BCUT2D eigenvalue weighted by atomic mass is 10.1. The van der Waals surface area contributed by atoms with Crippen LogP contribution < -0.4 is 5.09 Å². The van der Waals surface area contributed by atoms with Crippen molar-refractivity contribution in [2.75, 3.05) is 0 Å². The fourth-order valence-electron chi connectivity index (χ4n) is 1.57. The van der Waals surface area contributed by atoms with E-state index in [2.05, 4.69) is 14.0 Å². The van der Waals surface area contributed by atoms with Crippen LogP contribution in [0.15, 0.2) is 18.2 Å². The van der Waals surface area contributed by atoms with Crippen molar-refractivity contribution in [1.29, 1.82) is 0 Å². The first kappa shape index (κ1) is 10.4. The maximum absolute atomic E-state index is 12.9. The van der Waals surface area contributed by atoms with Gasteiger partial charge in [0.1, 0.15) is 0 Å². The Bertz CT molecular complexity index is 346. The zero-order valence-corrected chi connectivity index (χ0v) is 9.58. The van der Waals surface area contributed by atoms with E-state index in [1.807, 2.05) is 0 Å². The standard InChI is InChI=1S/C9H11F2NP2/c10-7-2-1-5(3-8(7)11)6-4-9(6)12-14-13/h1-3,6,9,12,14H,4,13H2/t6?,9-/m1/s1. The molecule has 2 rings (SSSR count). The van der Waals surface area contributed by atoms with Gasteiger partial charge in [0.15, 0.2) is 11.6 Å². The van der Waals surface area contributed by atoms with E-state index in [4.69, 9.17) is 0 Å². The third-order valence-corrected chi connectivity index (χ3v) is 3.47. The summed E-state index contributed by atoms with van der Waals surface area (Å²) in [7, 11) is 3.24. The summed E-state index contributed by atoms with van der Waals surface area (Å²) < 4.78 is 25.5. The van der Waals surface area contributed by atoms with Crippen LogP contribution in [-0.2, 0) is 0 Å². The van der Waals surface area contributed by atoms with E-state index in [9.17, 15) is 8.78 Å². The average Bonchev–Trinajstić information content (AvgIpc) is 2.90. The first-order valence-corrected chi connectivity index (χ1v) is 7.19. The summed E-state index contributed by atoms with van der Waals surface area (Å²) in [5.41, 5.74) is 0.893. The molecule has 4 atom stereocenters. The number of nitrogens with one attached hydrogen (secondary N) is 1. The van der Waals surface area contributed by atoms with E-state index in [0.29, 0.717) is 20.4 Å². The molecule has 3 unspecified atom stereocenters. The number of halogens is 2. The molecule has 0 spiro atoms. The molecule has 76 valence electrons. The van der Waals surface area contributed by atoms with Crippen molar-refractivity contribution in [3.05, 3.63) is 35.4 Å². The van der Waals surface area contributed by atoms with Gasteiger partial charge in [-0.05, 0) is 32.5 Å². The molecule has 1 fully saturated rings. The van der Waals surface area contributed by atoms with Gasteiger partial charge in [0.05, 0.1) is 0 Å². The molecule has 1 saturated carbocycles. The molecule has 1 aromatic rings. The van der Waals surface area contributed by atoms with Crippen molar-refractivity contribution >= 4 is 17.3 Å². The van der Waals surface area contributed by atoms with Crippen LogP contribution in [0, 0.1) is 11.6 Å². The van der Waals surface area contributed by atoms with E-state index < -0.39 is 11.6 Å². The predicted molar refractivity (Wildman–Crippen MR) is 58.7 cm³/mol. The summed E-state index contributed by atoms with van der Waals surface area (Å²) in [6, 6.07) is 4.60. The van der Waals surface area contributed by atoms with Crippen LogP contribution in [0.2, 0.25) is 0 Å². The molecule has 0 radical (unpaired) electrons. The SMILES string of the molecule is Fc1ccc(C2C[C@H]2NPP)cc1F. The smallest absolute Gasteiger partial charge is 0.159 e. The fourth-order valence-corrected chi connectivity index (χ4v) is 2.75. The molecule has 0 heterocycles. The summed E-state index contributed by atoms with van der Waals surface area (Å²) in [6.07, 6.45) is 1.02. The molecule has 1 aromatic carbocycles. The van der Waals surface area contributed by atoms with Crippen LogP contribution >= 0.6 is 17.3 Å². The summed E-state index contributed by atoms with van der Waals surface area (Å²) in [6.45, 7) is 0. The van der Waals surface area contributed by atoms with Crippen molar-refractivity contribution in [1.82, 2.24) is 5.09 Å². The molecule has 0 bridgehead atoms. The zero-order chi connectivity index (χ0) is 10.1. The summed E-state index contributed by atoms with van der Waals surface area (Å²) >= 11 is 0. The largest absolute Gasteiger partial charge is 0.291 e. The highest BCUT2D eigenvalue weighted by Gasteiger charge is 2.37. The average molecular weight is 233 g/mol. The Morgan fingerprint density at radius 2 is 2.14 bits per heavy atom. The number of hydrogen-bond acceptors (Lipinski definition) is 1. The van der Waals surface area contributed by atoms with Crippen molar-refractivity contribution in [3.63, 3.8) is 0 Å². The topological polar surface area (TPSA) is 12.0 Å². The van der Waals surface area contributed by atoms with Crippen molar-refractivity contribution in [2.24, 2.45) is 0 Å². The molecule has 1 nitrogen and oxygen atoms in total. The Morgan fingerprint density at radius 1 is 1.36 bits per heavy atom. The Kier molecular flexibility index (Phi) is 3.11. The summed E-state index contributed by atoms with van der Waals surface area (Å²) in [5, 5.41) is 3.28. The highest BCUT2D eigenvalue weighted by Crippen LogP contribution is 2.43. The van der Waals surface area contributed by atoms with Gasteiger partial charge in [-0.1, -0.05) is 15.0 Å².